The van der Waals surface area contributed by atoms with Crippen LogP contribution in [0.3, 0.4) is 0 Å². The molecule has 0 radical (unpaired) electrons. The Balaban J connectivity index is 0.000000405. The van der Waals surface area contributed by atoms with Gasteiger partial charge in [-0.05, 0) is 24.0 Å². The largest absolute Gasteiger partial charge is 0.107 e. The van der Waals surface area contributed by atoms with Crippen molar-refractivity contribution in [3.8, 4) is 0 Å². The number of halogens is 1. The molecule has 0 amide bonds. The number of hydrogen-bond acceptors (Lipinski definition) is 0. The van der Waals surface area contributed by atoms with Crippen molar-refractivity contribution in [3.63, 3.8) is 0 Å². The fourth-order valence-electron chi connectivity index (χ4n) is 1.14. The molecule has 1 aromatic rings. The predicted octanol–water partition coefficient (Wildman–Crippen LogP) is 2.40. The van der Waals surface area contributed by atoms with Gasteiger partial charge >= 0.3 is 0 Å². The number of benzene rings is 1. The van der Waals surface area contributed by atoms with E-state index < -0.39 is 0 Å². The summed E-state index contributed by atoms with van der Waals surface area (Å²) in [6.07, 6.45) is 2.60. The first-order valence-corrected chi connectivity index (χ1v) is 3.03. The summed E-state index contributed by atoms with van der Waals surface area (Å²) in [5, 5.41) is 0. The summed E-state index contributed by atoms with van der Waals surface area (Å²) in [5.74, 6) is 0. The lowest BCUT2D eigenvalue weighted by atomic mass is 9.89. The van der Waals surface area contributed by atoms with Crippen molar-refractivity contribution in [1.29, 1.82) is 0 Å². The van der Waals surface area contributed by atoms with Crippen LogP contribution in [0.5, 0.6) is 0 Å². The van der Waals surface area contributed by atoms with Crippen LogP contribution < -0.4 is 0 Å². The van der Waals surface area contributed by atoms with Gasteiger partial charge in [-0.25, -0.2) is 0 Å². The molecule has 0 saturated heterocycles. The van der Waals surface area contributed by atoms with E-state index >= 15 is 0 Å². The molecule has 0 aliphatic heterocycles. The molecule has 0 nitrogen and oxygen atoms in total. The molecule has 1 heteroatoms. The van der Waals surface area contributed by atoms with Crippen LogP contribution in [0.15, 0.2) is 24.3 Å². The van der Waals surface area contributed by atoms with Gasteiger partial charge < -0.3 is 0 Å². The third-order valence-corrected chi connectivity index (χ3v) is 1.78. The predicted molar refractivity (Wildman–Crippen MR) is 49.3 cm³/mol. The first-order valence-electron chi connectivity index (χ1n) is 3.03. The maximum Gasteiger partial charge on any atom is -0.0235 e. The molecule has 0 bridgehead atoms. The van der Waals surface area contributed by atoms with Gasteiger partial charge in [0.2, 0.25) is 0 Å². The second kappa shape index (κ2) is 2.69. The van der Waals surface area contributed by atoms with Crippen LogP contribution >= 0.6 is 24.0 Å². The lowest BCUT2D eigenvalue weighted by Gasteiger charge is -2.16. The van der Waals surface area contributed by atoms with Crippen molar-refractivity contribution >= 4 is 24.0 Å². The Labute approximate surface area is 72.3 Å². The smallest absolute Gasteiger partial charge is 0.0235 e. The summed E-state index contributed by atoms with van der Waals surface area (Å²) >= 11 is 0. The monoisotopic (exact) mass is 232 g/mol. The number of fused-ring (bicyclic) bond motifs is 1. The maximum absolute atomic E-state index is 2.21. The van der Waals surface area contributed by atoms with Crippen molar-refractivity contribution in [2.75, 3.05) is 0 Å². The molecule has 0 fully saturated rings. The zero-order chi connectivity index (χ0) is 5.40. The fraction of sp³-hybridized carbons (Fsp3) is 0.250. The van der Waals surface area contributed by atoms with Crippen LogP contribution in [-0.2, 0) is 12.8 Å². The van der Waals surface area contributed by atoms with Gasteiger partial charge in [-0.15, -0.1) is 24.0 Å². The summed E-state index contributed by atoms with van der Waals surface area (Å²) in [6, 6.07) is 8.63. The Hall–Kier alpha value is -0.0500. The van der Waals surface area contributed by atoms with Gasteiger partial charge in [0.25, 0.3) is 0 Å². The van der Waals surface area contributed by atoms with Crippen molar-refractivity contribution in [2.24, 2.45) is 0 Å². The fourth-order valence-corrected chi connectivity index (χ4v) is 1.14. The molecule has 0 saturated carbocycles. The van der Waals surface area contributed by atoms with Crippen molar-refractivity contribution in [1.82, 2.24) is 0 Å². The van der Waals surface area contributed by atoms with Gasteiger partial charge in [-0.2, -0.15) is 0 Å². The summed E-state index contributed by atoms with van der Waals surface area (Å²) in [5.41, 5.74) is 3.10. The first kappa shape index (κ1) is 7.06. The van der Waals surface area contributed by atoms with Gasteiger partial charge in [0, 0.05) is 0 Å². The topological polar surface area (TPSA) is 0 Å². The average molecular weight is 232 g/mol. The van der Waals surface area contributed by atoms with E-state index in [-0.39, 0.29) is 24.0 Å². The highest BCUT2D eigenvalue weighted by Gasteiger charge is 2.09. The molecule has 0 heterocycles. The molecule has 0 spiro atoms. The van der Waals surface area contributed by atoms with Gasteiger partial charge in [0.1, 0.15) is 0 Å². The third-order valence-electron chi connectivity index (χ3n) is 1.78. The summed E-state index contributed by atoms with van der Waals surface area (Å²) in [6.45, 7) is 0. The summed E-state index contributed by atoms with van der Waals surface area (Å²) in [4.78, 5) is 0. The van der Waals surface area contributed by atoms with Crippen LogP contribution in [0.4, 0.5) is 0 Å². The first-order chi connectivity index (χ1) is 3.97. The third kappa shape index (κ3) is 1.11. The quantitative estimate of drug-likeness (QED) is 0.602. The Kier molecular flexibility index (Phi) is 2.11. The van der Waals surface area contributed by atoms with Crippen LogP contribution in [0.2, 0.25) is 0 Å². The Bertz CT molecular complexity index is 182. The average Bonchev–Trinajstić information content (AvgIpc) is 1.72. The van der Waals surface area contributed by atoms with Crippen LogP contribution in [0.1, 0.15) is 11.1 Å². The molecule has 1 aliphatic carbocycles. The molecule has 48 valence electrons. The summed E-state index contributed by atoms with van der Waals surface area (Å²) in [7, 11) is 0. The second-order valence-electron chi connectivity index (χ2n) is 2.27. The lowest BCUT2D eigenvalue weighted by molar-refractivity contribution is 0.839. The molecule has 1 aromatic carbocycles. The van der Waals surface area contributed by atoms with Gasteiger partial charge in [0.15, 0.2) is 0 Å². The zero-order valence-corrected chi connectivity index (χ0v) is 7.46. The van der Waals surface area contributed by atoms with Crippen LogP contribution in [-0.4, -0.2) is 0 Å². The molecule has 0 aromatic heterocycles. The molecule has 0 unspecified atom stereocenters. The molecular formula is C8H9I. The van der Waals surface area contributed by atoms with Crippen LogP contribution in [0.25, 0.3) is 0 Å². The molecule has 0 atom stereocenters. The molecular weight excluding hydrogens is 223 g/mol. The highest BCUT2D eigenvalue weighted by atomic mass is 127. The van der Waals surface area contributed by atoms with E-state index in [9.17, 15) is 0 Å². The highest BCUT2D eigenvalue weighted by molar-refractivity contribution is 14.0. The standard InChI is InChI=1S/C8H8.HI/c1-2-4-8-6-5-7(8)3-1;/h1-4H,5-6H2;1H. The second-order valence-corrected chi connectivity index (χ2v) is 2.27. The van der Waals surface area contributed by atoms with Crippen molar-refractivity contribution in [3.05, 3.63) is 35.4 Å². The highest BCUT2D eigenvalue weighted by Crippen LogP contribution is 2.20. The minimum absolute atomic E-state index is 0. The van der Waals surface area contributed by atoms with E-state index in [0.29, 0.717) is 0 Å². The normalized spacial score (nSPS) is 12.9. The van der Waals surface area contributed by atoms with Crippen molar-refractivity contribution < 1.29 is 0 Å². The molecule has 2 rings (SSSR count). The molecule has 1 aliphatic rings. The molecule has 9 heavy (non-hydrogen) atoms. The minimum atomic E-state index is 0. The van der Waals surface area contributed by atoms with Crippen LogP contribution in [0, 0.1) is 0 Å². The van der Waals surface area contributed by atoms with Gasteiger partial charge in [0.05, 0.1) is 0 Å². The summed E-state index contributed by atoms with van der Waals surface area (Å²) < 4.78 is 0. The number of hydrogen-bond donors (Lipinski definition) is 0. The maximum atomic E-state index is 2.21. The van der Waals surface area contributed by atoms with E-state index in [1.807, 2.05) is 0 Å². The van der Waals surface area contributed by atoms with E-state index in [0.717, 1.165) is 0 Å². The van der Waals surface area contributed by atoms with E-state index in [1.54, 1.807) is 11.1 Å². The van der Waals surface area contributed by atoms with Gasteiger partial charge in [-0.3, -0.25) is 0 Å². The number of rotatable bonds is 0. The Morgan fingerprint density at radius 1 is 0.889 bits per heavy atom. The number of aryl methyl sites for hydroxylation is 2. The molecule has 0 N–H and O–H groups in total. The van der Waals surface area contributed by atoms with E-state index in [2.05, 4.69) is 24.3 Å². The zero-order valence-electron chi connectivity index (χ0n) is 5.13. The minimum Gasteiger partial charge on any atom is -0.107 e. The van der Waals surface area contributed by atoms with E-state index in [1.165, 1.54) is 12.8 Å². The Morgan fingerprint density at radius 3 is 1.56 bits per heavy atom. The van der Waals surface area contributed by atoms with Crippen molar-refractivity contribution in [2.45, 2.75) is 12.8 Å². The Morgan fingerprint density at radius 2 is 1.33 bits per heavy atom. The van der Waals surface area contributed by atoms with Gasteiger partial charge in [-0.1, -0.05) is 24.3 Å². The lowest BCUT2D eigenvalue weighted by Crippen LogP contribution is -2.06. The SMILES string of the molecule is I.c1ccc2c(c1)CC2. The van der Waals surface area contributed by atoms with E-state index in [4.69, 9.17) is 0 Å².